The van der Waals surface area contributed by atoms with Crippen LogP contribution in [-0.2, 0) is 23.9 Å². The molecule has 0 aliphatic carbocycles. The minimum atomic E-state index is -0.587. The number of likely N-dealkylation sites (tertiary alicyclic amines) is 1. The van der Waals surface area contributed by atoms with Crippen molar-refractivity contribution >= 4 is 35.3 Å². The monoisotopic (exact) mass is 476 g/mol. The molecule has 0 bridgehead atoms. The Labute approximate surface area is 196 Å². The predicted molar refractivity (Wildman–Crippen MR) is 120 cm³/mol. The number of nitrogens with one attached hydrogen (secondary N) is 1. The molecule has 0 aromatic heterocycles. The molecule has 3 heterocycles. The first kappa shape index (κ1) is 23.8. The average molecular weight is 477 g/mol. The summed E-state index contributed by atoms with van der Waals surface area (Å²) in [5, 5.41) is 2.61. The van der Waals surface area contributed by atoms with E-state index in [4.69, 9.17) is 9.47 Å². The van der Waals surface area contributed by atoms with Crippen LogP contribution in [0.1, 0.15) is 33.1 Å². The summed E-state index contributed by atoms with van der Waals surface area (Å²) >= 11 is 0. The lowest BCUT2D eigenvalue weighted by Gasteiger charge is -2.35. The number of rotatable bonds is 6. The Balaban J connectivity index is 1.43. The number of anilines is 2. The van der Waals surface area contributed by atoms with E-state index in [0.717, 1.165) is 12.8 Å². The molecule has 1 N–H and O–H groups in total. The highest BCUT2D eigenvalue weighted by atomic mass is 19.1. The highest BCUT2D eigenvalue weighted by Gasteiger charge is 2.48. The largest absolute Gasteiger partial charge is 0.456 e. The fourth-order valence-electron chi connectivity index (χ4n) is 5.07. The number of amides is 3. The highest BCUT2D eigenvalue weighted by molar-refractivity contribution is 5.90. The number of nitrogens with zero attached hydrogens (tertiary/aromatic N) is 3. The van der Waals surface area contributed by atoms with Gasteiger partial charge in [0.05, 0.1) is 30.0 Å². The molecule has 2 atom stereocenters. The second kappa shape index (κ2) is 9.47. The van der Waals surface area contributed by atoms with Crippen molar-refractivity contribution in [1.82, 2.24) is 10.2 Å². The van der Waals surface area contributed by atoms with Gasteiger partial charge in [0, 0.05) is 33.5 Å². The van der Waals surface area contributed by atoms with E-state index in [1.165, 1.54) is 24.8 Å². The molecule has 3 aliphatic rings. The SMILES string of the molecule is CC(=O)NCC1CN(c2ccc(N3CCC4(CCCN4C(=O)COC(C)=O)C3)c(F)c2)C(=O)O1. The Morgan fingerprint density at radius 3 is 2.74 bits per heavy atom. The minimum Gasteiger partial charge on any atom is -0.456 e. The summed E-state index contributed by atoms with van der Waals surface area (Å²) in [6.07, 6.45) is 1.26. The number of halogens is 1. The number of esters is 1. The molecule has 1 spiro atoms. The smallest absolute Gasteiger partial charge is 0.414 e. The molecule has 3 amide bonds. The summed E-state index contributed by atoms with van der Waals surface area (Å²) in [4.78, 5) is 52.1. The van der Waals surface area contributed by atoms with E-state index in [9.17, 15) is 19.2 Å². The van der Waals surface area contributed by atoms with Gasteiger partial charge >= 0.3 is 12.1 Å². The van der Waals surface area contributed by atoms with Crippen LogP contribution in [0.3, 0.4) is 0 Å². The van der Waals surface area contributed by atoms with Crippen LogP contribution >= 0.6 is 0 Å². The van der Waals surface area contributed by atoms with Crippen molar-refractivity contribution in [3.05, 3.63) is 24.0 Å². The first-order valence-electron chi connectivity index (χ1n) is 11.4. The zero-order valence-corrected chi connectivity index (χ0v) is 19.3. The van der Waals surface area contributed by atoms with E-state index in [2.05, 4.69) is 5.32 Å². The topological polar surface area (TPSA) is 108 Å². The predicted octanol–water partition coefficient (Wildman–Crippen LogP) is 1.42. The van der Waals surface area contributed by atoms with Gasteiger partial charge in [0.25, 0.3) is 5.91 Å². The lowest BCUT2D eigenvalue weighted by molar-refractivity contribution is -0.152. The molecule has 4 rings (SSSR count). The summed E-state index contributed by atoms with van der Waals surface area (Å²) in [6, 6.07) is 4.61. The normalized spacial score (nSPS) is 24.0. The number of carbonyl (C=O) groups excluding carboxylic acids is 4. The standard InChI is InChI=1S/C23H29FN4O6/c1-15(29)25-11-18-12-27(22(32)34-18)17-4-5-20(19(24)10-17)26-9-7-23(14-26)6-3-8-28(23)21(31)13-33-16(2)30/h4-5,10,18H,3,6-9,11-14H2,1-2H3,(H,25,29). The van der Waals surface area contributed by atoms with Gasteiger partial charge in [-0.1, -0.05) is 0 Å². The molecular formula is C23H29FN4O6. The van der Waals surface area contributed by atoms with Crippen molar-refractivity contribution in [3.63, 3.8) is 0 Å². The zero-order valence-electron chi connectivity index (χ0n) is 19.3. The Kier molecular flexibility index (Phi) is 6.63. The van der Waals surface area contributed by atoms with Crippen molar-refractivity contribution in [2.75, 3.05) is 49.1 Å². The Morgan fingerprint density at radius 1 is 1.24 bits per heavy atom. The van der Waals surface area contributed by atoms with Crippen LogP contribution in [0.15, 0.2) is 18.2 Å². The van der Waals surface area contributed by atoms with E-state index < -0.39 is 29.5 Å². The van der Waals surface area contributed by atoms with E-state index in [0.29, 0.717) is 37.4 Å². The number of hydrogen-bond donors (Lipinski definition) is 1. The van der Waals surface area contributed by atoms with Gasteiger partial charge in [-0.3, -0.25) is 19.3 Å². The molecule has 34 heavy (non-hydrogen) atoms. The molecular weight excluding hydrogens is 447 g/mol. The summed E-state index contributed by atoms with van der Waals surface area (Å²) in [7, 11) is 0. The molecule has 184 valence electrons. The van der Waals surface area contributed by atoms with Crippen molar-refractivity contribution < 1.29 is 33.0 Å². The number of ether oxygens (including phenoxy) is 2. The third-order valence-electron chi connectivity index (χ3n) is 6.67. The van der Waals surface area contributed by atoms with Crippen LogP contribution in [0.25, 0.3) is 0 Å². The molecule has 10 nitrogen and oxygen atoms in total. The van der Waals surface area contributed by atoms with Crippen molar-refractivity contribution in [2.24, 2.45) is 0 Å². The lowest BCUT2D eigenvalue weighted by Crippen LogP contribution is -2.50. The first-order valence-corrected chi connectivity index (χ1v) is 11.4. The maximum absolute atomic E-state index is 15.2. The van der Waals surface area contributed by atoms with Gasteiger partial charge < -0.3 is 24.6 Å². The molecule has 0 saturated carbocycles. The van der Waals surface area contributed by atoms with Gasteiger partial charge in [0.15, 0.2) is 6.61 Å². The average Bonchev–Trinajstić information content (AvgIpc) is 3.50. The molecule has 1 aromatic rings. The van der Waals surface area contributed by atoms with Crippen LogP contribution in [0.4, 0.5) is 20.6 Å². The number of carbonyl (C=O) groups is 4. The number of hydrogen-bond acceptors (Lipinski definition) is 7. The highest BCUT2D eigenvalue weighted by Crippen LogP contribution is 2.40. The maximum atomic E-state index is 15.2. The van der Waals surface area contributed by atoms with E-state index in [1.54, 1.807) is 17.0 Å². The van der Waals surface area contributed by atoms with Crippen LogP contribution in [-0.4, -0.2) is 79.8 Å². The molecule has 3 aliphatic heterocycles. The molecule has 0 radical (unpaired) electrons. The third-order valence-corrected chi connectivity index (χ3v) is 6.67. The molecule has 11 heteroatoms. The molecule has 2 unspecified atom stereocenters. The van der Waals surface area contributed by atoms with Gasteiger partial charge in [-0.05, 0) is 37.5 Å². The summed E-state index contributed by atoms with van der Waals surface area (Å²) in [6.45, 7) is 4.43. The molecule has 3 fully saturated rings. The second-order valence-corrected chi connectivity index (χ2v) is 9.01. The van der Waals surface area contributed by atoms with Crippen molar-refractivity contribution in [2.45, 2.75) is 44.8 Å². The maximum Gasteiger partial charge on any atom is 0.414 e. The van der Waals surface area contributed by atoms with Gasteiger partial charge in [0.1, 0.15) is 11.9 Å². The van der Waals surface area contributed by atoms with Gasteiger partial charge in [-0.15, -0.1) is 0 Å². The number of benzene rings is 1. The minimum absolute atomic E-state index is 0.195. The van der Waals surface area contributed by atoms with Crippen molar-refractivity contribution in [3.8, 4) is 0 Å². The third kappa shape index (κ3) is 4.78. The van der Waals surface area contributed by atoms with Crippen LogP contribution < -0.4 is 15.1 Å². The Bertz CT molecular complexity index is 1000. The van der Waals surface area contributed by atoms with Crippen LogP contribution in [0.5, 0.6) is 0 Å². The van der Waals surface area contributed by atoms with Crippen LogP contribution in [0, 0.1) is 5.82 Å². The van der Waals surface area contributed by atoms with E-state index in [1.807, 2.05) is 4.90 Å². The zero-order chi connectivity index (χ0) is 24.5. The van der Waals surface area contributed by atoms with Crippen LogP contribution in [0.2, 0.25) is 0 Å². The van der Waals surface area contributed by atoms with Gasteiger partial charge in [-0.2, -0.15) is 0 Å². The van der Waals surface area contributed by atoms with E-state index in [-0.39, 0.29) is 31.5 Å². The summed E-state index contributed by atoms with van der Waals surface area (Å²) in [5.41, 5.74) is 0.379. The lowest BCUT2D eigenvalue weighted by atomic mass is 9.95. The summed E-state index contributed by atoms with van der Waals surface area (Å²) in [5.74, 6) is -1.42. The Hall–Kier alpha value is -3.37. The fraction of sp³-hybridized carbons (Fsp3) is 0.565. The fourth-order valence-corrected chi connectivity index (χ4v) is 5.07. The second-order valence-electron chi connectivity index (χ2n) is 9.01. The molecule has 3 saturated heterocycles. The number of cyclic esters (lactones) is 1. The van der Waals surface area contributed by atoms with Crippen molar-refractivity contribution in [1.29, 1.82) is 0 Å². The first-order chi connectivity index (χ1) is 16.2. The quantitative estimate of drug-likeness (QED) is 0.619. The Morgan fingerprint density at radius 2 is 2.03 bits per heavy atom. The van der Waals surface area contributed by atoms with E-state index >= 15 is 4.39 Å². The summed E-state index contributed by atoms with van der Waals surface area (Å²) < 4.78 is 25.3. The van der Waals surface area contributed by atoms with Gasteiger partial charge in [0.2, 0.25) is 5.91 Å². The van der Waals surface area contributed by atoms with Gasteiger partial charge in [-0.25, -0.2) is 9.18 Å². The molecule has 1 aromatic carbocycles.